The molecule has 1 saturated heterocycles. The lowest BCUT2D eigenvalue weighted by atomic mass is 10.0. The van der Waals surface area contributed by atoms with Crippen LogP contribution in [-0.2, 0) is 14.4 Å². The summed E-state index contributed by atoms with van der Waals surface area (Å²) in [6.07, 6.45) is -2.16. The second kappa shape index (κ2) is 11.6. The van der Waals surface area contributed by atoms with Gasteiger partial charge in [0.1, 0.15) is 11.7 Å². The van der Waals surface area contributed by atoms with Crippen LogP contribution in [0.2, 0.25) is 0 Å². The van der Waals surface area contributed by atoms with Crippen molar-refractivity contribution in [3.8, 4) is 0 Å². The number of alkyl halides is 3. The van der Waals surface area contributed by atoms with Gasteiger partial charge in [0.15, 0.2) is 0 Å². The Hall–Kier alpha value is -3.02. The van der Waals surface area contributed by atoms with Crippen molar-refractivity contribution in [2.45, 2.75) is 57.9 Å². The van der Waals surface area contributed by atoms with Gasteiger partial charge in [-0.3, -0.25) is 19.4 Å². The van der Waals surface area contributed by atoms with E-state index in [0.29, 0.717) is 18.7 Å². The fraction of sp³-hybridized carbons (Fsp3) is 0.550. The SMILES string of the molecule is CC(N)C(=O)NC(C(=O)N1CCC[C@H]1C(=O)c1ccccn1)C(C)C.O=C(O)C(F)(F)F. The third-order valence-electron chi connectivity index (χ3n) is 4.64. The number of pyridine rings is 1. The van der Waals surface area contributed by atoms with Gasteiger partial charge in [-0.05, 0) is 37.8 Å². The van der Waals surface area contributed by atoms with Crippen LogP contribution in [0.1, 0.15) is 44.1 Å². The Labute approximate surface area is 183 Å². The van der Waals surface area contributed by atoms with E-state index in [1.165, 1.54) is 0 Å². The molecule has 178 valence electrons. The van der Waals surface area contributed by atoms with Gasteiger partial charge in [-0.2, -0.15) is 13.2 Å². The lowest BCUT2D eigenvalue weighted by Gasteiger charge is -2.30. The third-order valence-corrected chi connectivity index (χ3v) is 4.64. The Morgan fingerprint density at radius 3 is 2.25 bits per heavy atom. The standard InChI is InChI=1S/C18H26N4O3.C2HF3O2/c1-11(2)15(21-17(24)12(3)19)18(25)22-10-6-8-14(22)16(23)13-7-4-5-9-20-13;3-2(4,5)1(6)7/h4-5,7,9,11-12,14-15H,6,8,10,19H2,1-3H3,(H,21,24);(H,6,7)/t12?,14-,15?;/m0./s1. The molecule has 4 N–H and O–H groups in total. The minimum Gasteiger partial charge on any atom is -0.475 e. The largest absolute Gasteiger partial charge is 0.490 e. The summed E-state index contributed by atoms with van der Waals surface area (Å²) in [7, 11) is 0. The van der Waals surface area contributed by atoms with E-state index in [0.717, 1.165) is 6.42 Å². The van der Waals surface area contributed by atoms with Crippen LogP contribution in [0, 0.1) is 5.92 Å². The van der Waals surface area contributed by atoms with Crippen LogP contribution in [0.15, 0.2) is 24.4 Å². The molecule has 0 radical (unpaired) electrons. The molecule has 2 unspecified atom stereocenters. The summed E-state index contributed by atoms with van der Waals surface area (Å²) in [5.74, 6) is -3.64. The second-order valence-electron chi connectivity index (χ2n) is 7.59. The summed E-state index contributed by atoms with van der Waals surface area (Å²) < 4.78 is 31.7. The van der Waals surface area contributed by atoms with E-state index in [1.54, 1.807) is 36.2 Å². The zero-order chi connectivity index (χ0) is 24.6. The van der Waals surface area contributed by atoms with Crippen molar-refractivity contribution in [3.05, 3.63) is 30.1 Å². The van der Waals surface area contributed by atoms with Gasteiger partial charge >= 0.3 is 12.1 Å². The highest BCUT2D eigenvalue weighted by Gasteiger charge is 2.39. The van der Waals surface area contributed by atoms with Crippen LogP contribution in [0.4, 0.5) is 13.2 Å². The van der Waals surface area contributed by atoms with Crippen LogP contribution < -0.4 is 11.1 Å². The van der Waals surface area contributed by atoms with Crippen LogP contribution >= 0.6 is 0 Å². The number of nitrogens with zero attached hydrogens (tertiary/aromatic N) is 2. The van der Waals surface area contributed by atoms with Gasteiger partial charge in [-0.15, -0.1) is 0 Å². The van der Waals surface area contributed by atoms with E-state index < -0.39 is 30.3 Å². The van der Waals surface area contributed by atoms with Crippen LogP contribution in [-0.4, -0.2) is 69.4 Å². The zero-order valence-electron chi connectivity index (χ0n) is 17.9. The number of carbonyl (C=O) groups excluding carboxylic acids is 3. The fourth-order valence-electron chi connectivity index (χ4n) is 2.96. The third kappa shape index (κ3) is 7.59. The molecule has 3 atom stereocenters. The molecule has 1 fully saturated rings. The predicted molar refractivity (Wildman–Crippen MR) is 107 cm³/mol. The first-order valence-corrected chi connectivity index (χ1v) is 9.89. The van der Waals surface area contributed by atoms with Gasteiger partial charge in [0.2, 0.25) is 17.6 Å². The normalized spacial score (nSPS) is 17.8. The number of Topliss-reactive ketones (excluding diaryl/α,β-unsaturated/α-hetero) is 1. The van der Waals surface area contributed by atoms with Crippen LogP contribution in [0.25, 0.3) is 0 Å². The zero-order valence-corrected chi connectivity index (χ0v) is 17.9. The van der Waals surface area contributed by atoms with Gasteiger partial charge < -0.3 is 21.1 Å². The maximum atomic E-state index is 13.0. The molecule has 32 heavy (non-hydrogen) atoms. The maximum Gasteiger partial charge on any atom is 0.490 e. The quantitative estimate of drug-likeness (QED) is 0.544. The summed E-state index contributed by atoms with van der Waals surface area (Å²) in [5, 5.41) is 9.83. The van der Waals surface area contributed by atoms with E-state index in [2.05, 4.69) is 10.3 Å². The average molecular weight is 460 g/mol. The van der Waals surface area contributed by atoms with E-state index in [9.17, 15) is 27.6 Å². The number of carboxylic acid groups (broad SMARTS) is 1. The van der Waals surface area contributed by atoms with E-state index >= 15 is 0 Å². The fourth-order valence-corrected chi connectivity index (χ4v) is 2.96. The number of carbonyl (C=O) groups is 4. The number of aromatic nitrogens is 1. The molecule has 2 amide bonds. The minimum absolute atomic E-state index is 0.110. The van der Waals surface area contributed by atoms with Gasteiger partial charge in [-0.1, -0.05) is 19.9 Å². The molecule has 0 bridgehead atoms. The summed E-state index contributed by atoms with van der Waals surface area (Å²) >= 11 is 0. The molecular weight excluding hydrogens is 433 g/mol. The van der Waals surface area contributed by atoms with Crippen LogP contribution in [0.3, 0.4) is 0 Å². The number of aliphatic carboxylic acids is 1. The molecular formula is C20H27F3N4O5. The highest BCUT2D eigenvalue weighted by Crippen LogP contribution is 2.23. The van der Waals surface area contributed by atoms with Crippen molar-refractivity contribution < 1.29 is 37.5 Å². The molecule has 1 aliphatic rings. The Kier molecular flexibility index (Phi) is 9.76. The smallest absolute Gasteiger partial charge is 0.475 e. The van der Waals surface area contributed by atoms with E-state index in [1.807, 2.05) is 13.8 Å². The number of ketones is 1. The molecule has 1 aromatic heterocycles. The highest BCUT2D eigenvalue weighted by atomic mass is 19.4. The topological polar surface area (TPSA) is 143 Å². The molecule has 2 rings (SSSR count). The summed E-state index contributed by atoms with van der Waals surface area (Å²) in [6, 6.07) is 3.22. The van der Waals surface area contributed by atoms with Crippen molar-refractivity contribution in [1.29, 1.82) is 0 Å². The van der Waals surface area contributed by atoms with Crippen molar-refractivity contribution >= 4 is 23.6 Å². The first kappa shape index (κ1) is 27.0. The molecule has 1 aromatic rings. The number of amides is 2. The second-order valence-corrected chi connectivity index (χ2v) is 7.59. The molecule has 0 saturated carbocycles. The summed E-state index contributed by atoms with van der Waals surface area (Å²) in [4.78, 5) is 52.2. The lowest BCUT2D eigenvalue weighted by Crippen LogP contribution is -2.56. The molecule has 12 heteroatoms. The van der Waals surface area contributed by atoms with Gasteiger partial charge in [0.25, 0.3) is 0 Å². The number of likely N-dealkylation sites (tertiary alicyclic amines) is 1. The summed E-state index contributed by atoms with van der Waals surface area (Å²) in [5.41, 5.74) is 5.94. The number of hydrogen-bond donors (Lipinski definition) is 3. The Morgan fingerprint density at radius 2 is 1.81 bits per heavy atom. The van der Waals surface area contributed by atoms with Crippen molar-refractivity contribution in [1.82, 2.24) is 15.2 Å². The van der Waals surface area contributed by atoms with E-state index in [4.69, 9.17) is 15.6 Å². The molecule has 2 heterocycles. The number of nitrogens with two attached hydrogens (primary N) is 1. The first-order valence-electron chi connectivity index (χ1n) is 9.89. The molecule has 9 nitrogen and oxygen atoms in total. The van der Waals surface area contributed by atoms with Crippen molar-refractivity contribution in [2.24, 2.45) is 11.7 Å². The van der Waals surface area contributed by atoms with E-state index in [-0.39, 0.29) is 23.5 Å². The molecule has 0 aromatic carbocycles. The lowest BCUT2D eigenvalue weighted by molar-refractivity contribution is -0.192. The molecule has 0 spiro atoms. The Balaban J connectivity index is 0.000000633. The number of hydrogen-bond acceptors (Lipinski definition) is 6. The number of carboxylic acids is 1. The summed E-state index contributed by atoms with van der Waals surface area (Å²) in [6.45, 7) is 5.78. The predicted octanol–water partition coefficient (Wildman–Crippen LogP) is 1.38. The first-order chi connectivity index (χ1) is 14.8. The van der Waals surface area contributed by atoms with Gasteiger partial charge in [0.05, 0.1) is 12.1 Å². The molecule has 0 aliphatic carbocycles. The Morgan fingerprint density at radius 1 is 1.22 bits per heavy atom. The number of nitrogens with one attached hydrogen (secondary N) is 1. The van der Waals surface area contributed by atoms with Crippen molar-refractivity contribution in [3.63, 3.8) is 0 Å². The Bertz CT molecular complexity index is 815. The monoisotopic (exact) mass is 460 g/mol. The average Bonchev–Trinajstić information content (AvgIpc) is 3.20. The molecule has 1 aliphatic heterocycles. The van der Waals surface area contributed by atoms with Gasteiger partial charge in [-0.25, -0.2) is 4.79 Å². The van der Waals surface area contributed by atoms with Crippen molar-refractivity contribution in [2.75, 3.05) is 6.54 Å². The van der Waals surface area contributed by atoms with Crippen LogP contribution in [0.5, 0.6) is 0 Å². The number of rotatable bonds is 6. The number of halogens is 3. The maximum absolute atomic E-state index is 13.0. The van der Waals surface area contributed by atoms with Gasteiger partial charge in [0, 0.05) is 12.7 Å². The minimum atomic E-state index is -5.08. The highest BCUT2D eigenvalue weighted by molar-refractivity contribution is 6.01.